The molecule has 0 aliphatic heterocycles. The van der Waals surface area contributed by atoms with Crippen molar-refractivity contribution >= 4 is 29.9 Å². The zero-order chi connectivity index (χ0) is 20.9. The van der Waals surface area contributed by atoms with Crippen LogP contribution in [0.1, 0.15) is 78.5 Å². The van der Waals surface area contributed by atoms with E-state index in [-0.39, 0.29) is 24.0 Å². The molecule has 1 aliphatic rings. The smallest absolute Gasteiger partial charge is 0.191 e. The number of guanidine groups is 1. The number of aliphatic imine (C=N–C) groups is 1. The molecule has 1 heterocycles. The highest BCUT2D eigenvalue weighted by molar-refractivity contribution is 14.0. The van der Waals surface area contributed by atoms with Gasteiger partial charge in [-0.25, -0.2) is 0 Å². The number of halogens is 1. The van der Waals surface area contributed by atoms with Gasteiger partial charge in [0.15, 0.2) is 5.96 Å². The molecule has 1 unspecified atom stereocenters. The summed E-state index contributed by atoms with van der Waals surface area (Å²) in [5, 5.41) is 15.6. The molecular weight excluding hydrogens is 489 g/mol. The van der Waals surface area contributed by atoms with Crippen LogP contribution in [0, 0.1) is 0 Å². The third-order valence-electron chi connectivity index (χ3n) is 5.96. The molecule has 174 valence electrons. The zero-order valence-electron chi connectivity index (χ0n) is 19.6. The number of hydrogen-bond acceptors (Lipinski definition) is 4. The molecule has 2 rings (SSSR count). The Kier molecular flexibility index (Phi) is 14.3. The Morgan fingerprint density at radius 2 is 1.97 bits per heavy atom. The molecule has 1 aliphatic carbocycles. The summed E-state index contributed by atoms with van der Waals surface area (Å²) < 4.78 is 2.11. The van der Waals surface area contributed by atoms with Crippen LogP contribution in [0.2, 0.25) is 0 Å². The van der Waals surface area contributed by atoms with Gasteiger partial charge < -0.3 is 20.1 Å². The lowest BCUT2D eigenvalue weighted by Crippen LogP contribution is -2.47. The van der Waals surface area contributed by atoms with E-state index in [1.807, 2.05) is 6.33 Å². The van der Waals surface area contributed by atoms with Gasteiger partial charge in [0.25, 0.3) is 0 Å². The first-order valence-corrected chi connectivity index (χ1v) is 11.8. The second-order valence-electron chi connectivity index (χ2n) is 8.22. The van der Waals surface area contributed by atoms with E-state index in [2.05, 4.69) is 58.0 Å². The van der Waals surface area contributed by atoms with E-state index < -0.39 is 0 Å². The first-order chi connectivity index (χ1) is 14.2. The second-order valence-corrected chi connectivity index (χ2v) is 8.22. The summed E-state index contributed by atoms with van der Waals surface area (Å²) in [5.74, 6) is 2.00. The Labute approximate surface area is 200 Å². The van der Waals surface area contributed by atoms with Crippen LogP contribution in [0.4, 0.5) is 0 Å². The molecule has 1 aromatic heterocycles. The van der Waals surface area contributed by atoms with Crippen molar-refractivity contribution in [3.63, 3.8) is 0 Å². The molecule has 1 atom stereocenters. The fourth-order valence-corrected chi connectivity index (χ4v) is 4.05. The molecule has 0 saturated heterocycles. The highest BCUT2D eigenvalue weighted by Gasteiger charge is 2.16. The van der Waals surface area contributed by atoms with Gasteiger partial charge in [-0.3, -0.25) is 4.99 Å². The minimum atomic E-state index is 0. The average Bonchev–Trinajstić information content (AvgIpc) is 3.19. The maximum atomic E-state index is 4.89. The average molecular weight is 534 g/mol. The van der Waals surface area contributed by atoms with Crippen molar-refractivity contribution in [3.8, 4) is 0 Å². The van der Waals surface area contributed by atoms with Crippen molar-refractivity contribution in [1.29, 1.82) is 0 Å². The van der Waals surface area contributed by atoms with Gasteiger partial charge in [0.1, 0.15) is 12.2 Å². The number of aromatic nitrogens is 3. The Morgan fingerprint density at radius 3 is 2.63 bits per heavy atom. The highest BCUT2D eigenvalue weighted by atomic mass is 127. The molecule has 0 aromatic carbocycles. The number of rotatable bonds is 12. The normalized spacial score (nSPS) is 16.4. The van der Waals surface area contributed by atoms with Crippen molar-refractivity contribution in [2.45, 2.75) is 97.7 Å². The van der Waals surface area contributed by atoms with Crippen molar-refractivity contribution in [2.75, 3.05) is 26.2 Å². The molecule has 0 spiro atoms. The molecular formula is C22H44IN7. The van der Waals surface area contributed by atoms with Gasteiger partial charge in [-0.2, -0.15) is 0 Å². The summed E-state index contributed by atoms with van der Waals surface area (Å²) in [6, 6.07) is 0.973. The predicted molar refractivity (Wildman–Crippen MR) is 137 cm³/mol. The lowest BCUT2D eigenvalue weighted by molar-refractivity contribution is 0.292. The van der Waals surface area contributed by atoms with Gasteiger partial charge in [0, 0.05) is 25.0 Å². The van der Waals surface area contributed by atoms with Crippen LogP contribution in [-0.4, -0.2) is 63.9 Å². The molecule has 0 radical (unpaired) electrons. The molecule has 1 fully saturated rings. The number of nitrogens with one attached hydrogen (secondary N) is 2. The molecule has 0 amide bonds. The van der Waals surface area contributed by atoms with Crippen LogP contribution < -0.4 is 10.6 Å². The summed E-state index contributed by atoms with van der Waals surface area (Å²) in [7, 11) is 0. The van der Waals surface area contributed by atoms with E-state index in [4.69, 9.17) is 4.99 Å². The first-order valence-electron chi connectivity index (χ1n) is 11.8. The number of nitrogens with zero attached hydrogens (tertiary/aromatic N) is 5. The van der Waals surface area contributed by atoms with Gasteiger partial charge in [0.05, 0.1) is 6.54 Å². The summed E-state index contributed by atoms with van der Waals surface area (Å²) in [6.45, 7) is 13.9. The van der Waals surface area contributed by atoms with Gasteiger partial charge >= 0.3 is 0 Å². The lowest BCUT2D eigenvalue weighted by Gasteiger charge is -2.27. The quantitative estimate of drug-likeness (QED) is 0.243. The van der Waals surface area contributed by atoms with Crippen molar-refractivity contribution < 1.29 is 0 Å². The molecule has 7 nitrogen and oxygen atoms in total. The number of hydrogen-bond donors (Lipinski definition) is 2. The Hall–Kier alpha value is -0.900. The molecule has 2 N–H and O–H groups in total. The number of aryl methyl sites for hydroxylation is 1. The Balaban J connectivity index is 0.00000450. The van der Waals surface area contributed by atoms with Crippen LogP contribution in [0.3, 0.4) is 0 Å². The summed E-state index contributed by atoms with van der Waals surface area (Å²) >= 11 is 0. The van der Waals surface area contributed by atoms with E-state index in [1.54, 1.807) is 0 Å². The van der Waals surface area contributed by atoms with Crippen LogP contribution in [-0.2, 0) is 13.0 Å². The Morgan fingerprint density at radius 1 is 1.23 bits per heavy atom. The van der Waals surface area contributed by atoms with Gasteiger partial charge in [0.2, 0.25) is 0 Å². The van der Waals surface area contributed by atoms with Gasteiger partial charge in [-0.15, -0.1) is 34.2 Å². The van der Waals surface area contributed by atoms with E-state index in [0.29, 0.717) is 12.1 Å². The van der Waals surface area contributed by atoms with Crippen LogP contribution in [0.15, 0.2) is 11.3 Å². The molecule has 8 heteroatoms. The third kappa shape index (κ3) is 9.94. The maximum Gasteiger partial charge on any atom is 0.191 e. The molecule has 30 heavy (non-hydrogen) atoms. The molecule has 1 aromatic rings. The van der Waals surface area contributed by atoms with Crippen molar-refractivity contribution in [1.82, 2.24) is 30.3 Å². The van der Waals surface area contributed by atoms with Crippen LogP contribution in [0.5, 0.6) is 0 Å². The fourth-order valence-electron chi connectivity index (χ4n) is 4.05. The van der Waals surface area contributed by atoms with Crippen molar-refractivity contribution in [3.05, 3.63) is 12.2 Å². The highest BCUT2D eigenvalue weighted by Crippen LogP contribution is 2.17. The third-order valence-corrected chi connectivity index (χ3v) is 5.96. The van der Waals surface area contributed by atoms with E-state index >= 15 is 0 Å². The van der Waals surface area contributed by atoms with Gasteiger partial charge in [-0.05, 0) is 52.2 Å². The molecule has 0 bridgehead atoms. The summed E-state index contributed by atoms with van der Waals surface area (Å²) in [4.78, 5) is 7.38. The second kappa shape index (κ2) is 15.8. The lowest BCUT2D eigenvalue weighted by atomic mass is 9.96. The first kappa shape index (κ1) is 27.1. The summed E-state index contributed by atoms with van der Waals surface area (Å²) in [5.41, 5.74) is 0. The molecule has 1 saturated carbocycles. The Bertz CT molecular complexity index is 580. The van der Waals surface area contributed by atoms with E-state index in [0.717, 1.165) is 50.8 Å². The zero-order valence-corrected chi connectivity index (χ0v) is 21.9. The van der Waals surface area contributed by atoms with Crippen molar-refractivity contribution in [2.24, 2.45) is 4.99 Å². The SMILES string of the molecule is CCc1nncn1CCN=C(NC(C)CCCN(CC)CC)NC1CCCCC1.I. The topological polar surface area (TPSA) is 70.4 Å². The van der Waals surface area contributed by atoms with E-state index in [1.165, 1.54) is 45.1 Å². The predicted octanol–water partition coefficient (Wildman–Crippen LogP) is 3.84. The van der Waals surface area contributed by atoms with Crippen LogP contribution in [0.25, 0.3) is 0 Å². The van der Waals surface area contributed by atoms with E-state index in [9.17, 15) is 0 Å². The fraction of sp³-hybridized carbons (Fsp3) is 0.864. The largest absolute Gasteiger partial charge is 0.354 e. The minimum Gasteiger partial charge on any atom is -0.354 e. The standard InChI is InChI=1S/C22H43N7.HI/c1-5-21-27-24-18-29(21)17-15-23-22(26-20-13-9-8-10-14-20)25-19(4)12-11-16-28(6-2)7-3;/h18-20H,5-17H2,1-4H3,(H2,23,25,26);1H. The monoisotopic (exact) mass is 533 g/mol. The summed E-state index contributed by atoms with van der Waals surface area (Å²) in [6.07, 6.45) is 11.6. The maximum absolute atomic E-state index is 4.89. The van der Waals surface area contributed by atoms with Crippen LogP contribution >= 0.6 is 24.0 Å². The minimum absolute atomic E-state index is 0. The van der Waals surface area contributed by atoms with Gasteiger partial charge in [-0.1, -0.05) is 40.0 Å².